The number of nitrogen functional groups attached to an aromatic ring is 1. The van der Waals surface area contributed by atoms with E-state index in [2.05, 4.69) is 10.3 Å². The number of carbonyl (C=O) groups is 2. The highest BCUT2D eigenvalue weighted by molar-refractivity contribution is 6.50. The molecule has 1 atom stereocenters. The summed E-state index contributed by atoms with van der Waals surface area (Å²) >= 11 is 0. The number of nitrogens with zero attached hydrogens (tertiary/aromatic N) is 1. The second kappa shape index (κ2) is 7.12. The molecule has 3 heterocycles. The predicted molar refractivity (Wildman–Crippen MR) is 118 cm³/mol. The van der Waals surface area contributed by atoms with Gasteiger partial charge in [-0.1, -0.05) is 24.3 Å². The topological polar surface area (TPSA) is 133 Å². The smallest absolute Gasteiger partial charge is 0.259 e. The van der Waals surface area contributed by atoms with Crippen LogP contribution in [0.5, 0.6) is 0 Å². The van der Waals surface area contributed by atoms with E-state index in [0.717, 1.165) is 16.3 Å². The molecular formula is C23H20N4O4. The van der Waals surface area contributed by atoms with Gasteiger partial charge in [0.25, 0.3) is 11.8 Å². The van der Waals surface area contributed by atoms with Crippen LogP contribution >= 0.6 is 0 Å². The number of nitrogens with one attached hydrogen (secondary N) is 2. The van der Waals surface area contributed by atoms with Crippen LogP contribution in [0.4, 0.5) is 5.69 Å². The lowest BCUT2D eigenvalue weighted by molar-refractivity contribution is -0.122. The highest BCUT2D eigenvalue weighted by atomic mass is 16.3. The van der Waals surface area contributed by atoms with Gasteiger partial charge in [-0.2, -0.15) is 0 Å². The van der Waals surface area contributed by atoms with E-state index in [-0.39, 0.29) is 12.1 Å². The fraction of sp³-hybridized carbons (Fsp3) is 0.130. The first-order valence-corrected chi connectivity index (χ1v) is 9.82. The molecule has 4 aromatic rings. The molecule has 6 N–H and O–H groups in total. The molecule has 2 aromatic carbocycles. The number of aromatic amines is 1. The zero-order chi connectivity index (χ0) is 21.7. The van der Waals surface area contributed by atoms with Gasteiger partial charge in [0, 0.05) is 45.5 Å². The lowest BCUT2D eigenvalue weighted by atomic mass is 9.95. The normalized spacial score (nSPS) is 15.3. The minimum atomic E-state index is -0.981. The highest BCUT2D eigenvalue weighted by Gasteiger charge is 2.35. The van der Waals surface area contributed by atoms with Gasteiger partial charge in [-0.15, -0.1) is 0 Å². The van der Waals surface area contributed by atoms with Crippen LogP contribution in [-0.2, 0) is 16.1 Å². The third-order valence-corrected chi connectivity index (χ3v) is 5.58. The molecule has 0 fully saturated rings. The highest BCUT2D eigenvalue weighted by Crippen LogP contribution is 2.38. The van der Waals surface area contributed by atoms with Gasteiger partial charge in [0.05, 0.1) is 35.9 Å². The van der Waals surface area contributed by atoms with Gasteiger partial charge in [-0.3, -0.25) is 14.9 Å². The van der Waals surface area contributed by atoms with Gasteiger partial charge in [0.2, 0.25) is 0 Å². The summed E-state index contributed by atoms with van der Waals surface area (Å²) in [6.07, 6.45) is 2.46. The number of fused-ring (bicyclic) bond motifs is 2. The number of aliphatic hydroxyl groups is 2. The number of amides is 2. The monoisotopic (exact) mass is 416 g/mol. The van der Waals surface area contributed by atoms with E-state index in [0.29, 0.717) is 27.9 Å². The molecule has 0 saturated heterocycles. The first-order chi connectivity index (χ1) is 15.0. The molecule has 0 spiro atoms. The van der Waals surface area contributed by atoms with Crippen molar-refractivity contribution >= 4 is 50.5 Å². The molecule has 0 radical (unpaired) electrons. The average Bonchev–Trinajstić information content (AvgIpc) is 3.41. The number of benzene rings is 2. The summed E-state index contributed by atoms with van der Waals surface area (Å²) in [6, 6.07) is 12.8. The molecule has 2 amide bonds. The molecule has 1 aliphatic heterocycles. The van der Waals surface area contributed by atoms with Crippen LogP contribution in [-0.4, -0.2) is 44.3 Å². The second-order valence-electron chi connectivity index (χ2n) is 7.59. The standard InChI is InChI=1S/C23H20N4O4/c24-12-5-6-15-17(10-27(19(15)7-12)9-13(29)11-28)21-20(22(30)26-23(21)31)16-8-25-18-4-2-1-3-14(16)18/h1-8,10,13,25,28-29H,9,11,24H2,(H,26,30,31). The molecule has 2 aromatic heterocycles. The Kier molecular flexibility index (Phi) is 4.39. The Labute approximate surface area is 176 Å². The van der Waals surface area contributed by atoms with Crippen molar-refractivity contribution in [1.82, 2.24) is 14.9 Å². The summed E-state index contributed by atoms with van der Waals surface area (Å²) in [5.74, 6) is -0.944. The van der Waals surface area contributed by atoms with Gasteiger partial charge in [0.15, 0.2) is 0 Å². The van der Waals surface area contributed by atoms with Gasteiger partial charge in [-0.25, -0.2) is 0 Å². The Morgan fingerprint density at radius 2 is 1.74 bits per heavy atom. The number of imide groups is 1. The van der Waals surface area contributed by atoms with E-state index in [1.807, 2.05) is 24.3 Å². The van der Waals surface area contributed by atoms with E-state index in [4.69, 9.17) is 5.73 Å². The largest absolute Gasteiger partial charge is 0.399 e. The first-order valence-electron chi connectivity index (χ1n) is 9.82. The third-order valence-electron chi connectivity index (χ3n) is 5.58. The summed E-state index contributed by atoms with van der Waals surface area (Å²) in [5, 5.41) is 23.2. The number of H-pyrrole nitrogens is 1. The van der Waals surface area contributed by atoms with E-state index in [9.17, 15) is 19.8 Å². The lowest BCUT2D eigenvalue weighted by Crippen LogP contribution is -2.22. The Morgan fingerprint density at radius 3 is 2.52 bits per heavy atom. The summed E-state index contributed by atoms with van der Waals surface area (Å²) in [5.41, 5.74) is 9.79. The fourth-order valence-electron chi connectivity index (χ4n) is 4.19. The minimum Gasteiger partial charge on any atom is -0.399 e. The molecule has 0 bridgehead atoms. The van der Waals surface area contributed by atoms with Crippen LogP contribution in [0.15, 0.2) is 54.9 Å². The molecule has 8 heteroatoms. The quantitative estimate of drug-likeness (QED) is 0.249. The SMILES string of the molecule is Nc1ccc2c(C3=C(c4c[nH]c5ccccc45)C(=O)NC3=O)cn(CC(O)CO)c2c1. The maximum Gasteiger partial charge on any atom is 0.259 e. The van der Waals surface area contributed by atoms with Crippen LogP contribution in [0.2, 0.25) is 0 Å². The van der Waals surface area contributed by atoms with Crippen molar-refractivity contribution in [2.75, 3.05) is 12.3 Å². The molecule has 0 aliphatic carbocycles. The molecule has 31 heavy (non-hydrogen) atoms. The van der Waals surface area contributed by atoms with Crippen molar-refractivity contribution in [2.45, 2.75) is 12.6 Å². The summed E-state index contributed by atoms with van der Waals surface area (Å²) < 4.78 is 1.73. The van der Waals surface area contributed by atoms with Crippen LogP contribution in [0.1, 0.15) is 11.1 Å². The van der Waals surface area contributed by atoms with Gasteiger partial charge in [0.1, 0.15) is 0 Å². The van der Waals surface area contributed by atoms with Crippen LogP contribution in [0.25, 0.3) is 33.0 Å². The number of anilines is 1. The second-order valence-corrected chi connectivity index (χ2v) is 7.59. The number of para-hydroxylation sites is 1. The number of aromatic nitrogens is 2. The van der Waals surface area contributed by atoms with Crippen molar-refractivity contribution in [1.29, 1.82) is 0 Å². The Hall–Kier alpha value is -3.88. The Bertz CT molecular complexity index is 1400. The van der Waals surface area contributed by atoms with Crippen molar-refractivity contribution in [2.24, 2.45) is 0 Å². The Morgan fingerprint density at radius 1 is 1.00 bits per heavy atom. The number of carbonyl (C=O) groups excluding carboxylic acids is 2. The maximum atomic E-state index is 12.9. The summed E-state index contributed by atoms with van der Waals surface area (Å²) in [7, 11) is 0. The lowest BCUT2D eigenvalue weighted by Gasteiger charge is -2.09. The van der Waals surface area contributed by atoms with Crippen molar-refractivity contribution in [3.63, 3.8) is 0 Å². The minimum absolute atomic E-state index is 0.113. The van der Waals surface area contributed by atoms with Crippen LogP contribution < -0.4 is 11.1 Å². The zero-order valence-corrected chi connectivity index (χ0v) is 16.4. The van der Waals surface area contributed by atoms with Crippen molar-refractivity contribution in [3.05, 3.63) is 66.0 Å². The van der Waals surface area contributed by atoms with Gasteiger partial charge < -0.3 is 25.5 Å². The number of hydrogen-bond donors (Lipinski definition) is 5. The van der Waals surface area contributed by atoms with Crippen LogP contribution in [0.3, 0.4) is 0 Å². The molecular weight excluding hydrogens is 396 g/mol. The predicted octanol–water partition coefficient (Wildman–Crippen LogP) is 1.63. The molecule has 1 aliphatic rings. The van der Waals surface area contributed by atoms with Gasteiger partial charge >= 0.3 is 0 Å². The van der Waals surface area contributed by atoms with E-state index in [1.54, 1.807) is 35.2 Å². The van der Waals surface area contributed by atoms with Crippen LogP contribution in [0, 0.1) is 0 Å². The summed E-state index contributed by atoms with van der Waals surface area (Å²) in [4.78, 5) is 28.9. The fourth-order valence-corrected chi connectivity index (χ4v) is 4.19. The number of rotatable bonds is 5. The maximum absolute atomic E-state index is 12.9. The van der Waals surface area contributed by atoms with Gasteiger partial charge in [-0.05, 0) is 18.2 Å². The number of hydrogen-bond acceptors (Lipinski definition) is 5. The van der Waals surface area contributed by atoms with Crippen molar-refractivity contribution < 1.29 is 19.8 Å². The van der Waals surface area contributed by atoms with Crippen molar-refractivity contribution in [3.8, 4) is 0 Å². The Balaban J connectivity index is 1.79. The third kappa shape index (κ3) is 3.00. The number of aliphatic hydroxyl groups excluding tert-OH is 2. The molecule has 1 unspecified atom stereocenters. The summed E-state index contributed by atoms with van der Waals surface area (Å²) in [6.45, 7) is -0.290. The van der Waals surface area contributed by atoms with E-state index in [1.165, 1.54) is 0 Å². The van der Waals surface area contributed by atoms with E-state index >= 15 is 0 Å². The molecule has 5 rings (SSSR count). The number of nitrogens with two attached hydrogens (primary N) is 1. The average molecular weight is 416 g/mol. The first kappa shape index (κ1) is 19.1. The van der Waals surface area contributed by atoms with E-state index < -0.39 is 24.5 Å². The molecule has 8 nitrogen and oxygen atoms in total. The zero-order valence-electron chi connectivity index (χ0n) is 16.4. The molecule has 0 saturated carbocycles. The molecule has 156 valence electrons.